The number of likely N-dealkylation sites (N-methyl/N-ethyl adjacent to an activating group) is 1. The largest absolute Gasteiger partial charge is 0.368 e. The van der Waals surface area contributed by atoms with Crippen molar-refractivity contribution in [2.75, 3.05) is 7.05 Å². The molecule has 21 heavy (non-hydrogen) atoms. The van der Waals surface area contributed by atoms with E-state index in [1.54, 1.807) is 6.20 Å². The Hall–Kier alpha value is -2.14. The Morgan fingerprint density at radius 2 is 2.14 bits per heavy atom. The number of nitrogens with one attached hydrogen (secondary N) is 1. The van der Waals surface area contributed by atoms with Crippen LogP contribution in [0, 0.1) is 5.92 Å². The van der Waals surface area contributed by atoms with Gasteiger partial charge in [-0.25, -0.2) is 4.98 Å². The molecule has 1 aliphatic carbocycles. The van der Waals surface area contributed by atoms with E-state index in [1.165, 1.54) is 0 Å². The molecule has 5 nitrogen and oxygen atoms in total. The summed E-state index contributed by atoms with van der Waals surface area (Å²) in [7, 11) is 1.81. The standard InChI is InChI=1S/C16H20N4O/c1-18-16(15(17)21,13-7-8-13)11-20-10-9-19-14(20)12-5-3-2-4-6-12/h2-6,9-10,13,18H,7-8,11H2,1H3,(H2,17,21). The predicted octanol–water partition coefficient (Wildman–Crippen LogP) is 1.40. The third kappa shape index (κ3) is 2.45. The molecule has 1 saturated carbocycles. The molecule has 5 heteroatoms. The second-order valence-electron chi connectivity index (χ2n) is 5.60. The number of rotatable bonds is 6. The Kier molecular flexibility index (Phi) is 3.51. The van der Waals surface area contributed by atoms with E-state index in [2.05, 4.69) is 10.3 Å². The second-order valence-corrected chi connectivity index (χ2v) is 5.60. The van der Waals surface area contributed by atoms with Gasteiger partial charge in [0.05, 0.1) is 6.54 Å². The summed E-state index contributed by atoms with van der Waals surface area (Å²) in [6.45, 7) is 0.508. The maximum Gasteiger partial charge on any atom is 0.239 e. The summed E-state index contributed by atoms with van der Waals surface area (Å²) in [4.78, 5) is 16.5. The molecule has 3 rings (SSSR count). The lowest BCUT2D eigenvalue weighted by atomic mass is 9.92. The van der Waals surface area contributed by atoms with Crippen molar-refractivity contribution >= 4 is 5.91 Å². The van der Waals surface area contributed by atoms with Crippen LogP contribution in [0.15, 0.2) is 42.7 Å². The zero-order valence-corrected chi connectivity index (χ0v) is 12.1. The fourth-order valence-corrected chi connectivity index (χ4v) is 2.94. The zero-order chi connectivity index (χ0) is 14.9. The van der Waals surface area contributed by atoms with Crippen molar-refractivity contribution in [3.8, 4) is 11.4 Å². The van der Waals surface area contributed by atoms with E-state index >= 15 is 0 Å². The lowest BCUT2D eigenvalue weighted by Gasteiger charge is -2.31. The van der Waals surface area contributed by atoms with Crippen LogP contribution < -0.4 is 11.1 Å². The molecular formula is C16H20N4O. The van der Waals surface area contributed by atoms with Crippen LogP contribution in [0.2, 0.25) is 0 Å². The minimum absolute atomic E-state index is 0.291. The van der Waals surface area contributed by atoms with Crippen LogP contribution in [-0.4, -0.2) is 28.0 Å². The number of nitrogens with two attached hydrogens (primary N) is 1. The van der Waals surface area contributed by atoms with Gasteiger partial charge in [-0.3, -0.25) is 4.79 Å². The van der Waals surface area contributed by atoms with Crippen LogP contribution >= 0.6 is 0 Å². The van der Waals surface area contributed by atoms with Gasteiger partial charge in [0.1, 0.15) is 11.4 Å². The molecule has 0 saturated heterocycles. The van der Waals surface area contributed by atoms with Crippen LogP contribution in [0.1, 0.15) is 12.8 Å². The van der Waals surface area contributed by atoms with Gasteiger partial charge in [0.2, 0.25) is 5.91 Å². The van der Waals surface area contributed by atoms with Crippen LogP contribution in [0.4, 0.5) is 0 Å². The summed E-state index contributed by atoms with van der Waals surface area (Å²) >= 11 is 0. The highest BCUT2D eigenvalue weighted by molar-refractivity contribution is 5.85. The molecule has 1 amide bonds. The zero-order valence-electron chi connectivity index (χ0n) is 12.1. The highest BCUT2D eigenvalue weighted by Gasteiger charge is 2.49. The molecule has 1 heterocycles. The van der Waals surface area contributed by atoms with Crippen LogP contribution in [0.3, 0.4) is 0 Å². The average molecular weight is 284 g/mol. The summed E-state index contributed by atoms with van der Waals surface area (Å²) < 4.78 is 2.01. The number of carbonyl (C=O) groups excluding carboxylic acids is 1. The Bertz CT molecular complexity index is 633. The monoisotopic (exact) mass is 284 g/mol. The van der Waals surface area contributed by atoms with Gasteiger partial charge >= 0.3 is 0 Å². The molecule has 2 aromatic rings. The molecule has 1 unspecified atom stereocenters. The summed E-state index contributed by atoms with van der Waals surface area (Å²) in [5.41, 5.74) is 6.04. The van der Waals surface area contributed by atoms with Gasteiger partial charge in [0.25, 0.3) is 0 Å². The lowest BCUT2D eigenvalue weighted by Crippen LogP contribution is -2.58. The van der Waals surface area contributed by atoms with Gasteiger partial charge in [0, 0.05) is 18.0 Å². The molecular weight excluding hydrogens is 264 g/mol. The normalized spacial score (nSPS) is 17.4. The molecule has 0 bridgehead atoms. The van der Waals surface area contributed by atoms with Crippen molar-refractivity contribution in [2.45, 2.75) is 24.9 Å². The Morgan fingerprint density at radius 3 is 2.71 bits per heavy atom. The van der Waals surface area contributed by atoms with Gasteiger partial charge in [0.15, 0.2) is 0 Å². The number of primary amides is 1. The Morgan fingerprint density at radius 1 is 1.43 bits per heavy atom. The van der Waals surface area contributed by atoms with Crippen LogP contribution in [-0.2, 0) is 11.3 Å². The first-order valence-electron chi connectivity index (χ1n) is 7.23. The molecule has 110 valence electrons. The molecule has 0 radical (unpaired) electrons. The van der Waals surface area contributed by atoms with Crippen LogP contribution in [0.5, 0.6) is 0 Å². The maximum absolute atomic E-state index is 12.0. The number of nitrogens with zero attached hydrogens (tertiary/aromatic N) is 2. The van der Waals surface area contributed by atoms with Crippen molar-refractivity contribution in [1.82, 2.24) is 14.9 Å². The molecule has 0 spiro atoms. The minimum Gasteiger partial charge on any atom is -0.368 e. The number of aromatic nitrogens is 2. The summed E-state index contributed by atoms with van der Waals surface area (Å²) in [5, 5.41) is 3.17. The number of imidazole rings is 1. The SMILES string of the molecule is CNC(Cn1ccnc1-c1ccccc1)(C(N)=O)C1CC1. The van der Waals surface area contributed by atoms with Gasteiger partial charge in [-0.05, 0) is 25.8 Å². The van der Waals surface area contributed by atoms with Crippen LogP contribution in [0.25, 0.3) is 11.4 Å². The van der Waals surface area contributed by atoms with Crippen molar-refractivity contribution < 1.29 is 4.79 Å². The van der Waals surface area contributed by atoms with Crippen molar-refractivity contribution in [2.24, 2.45) is 11.7 Å². The van der Waals surface area contributed by atoms with E-state index in [4.69, 9.17) is 5.73 Å². The summed E-state index contributed by atoms with van der Waals surface area (Å²) in [6, 6.07) is 9.97. The molecule has 1 aromatic heterocycles. The Balaban J connectivity index is 1.95. The number of hydrogen-bond donors (Lipinski definition) is 2. The Labute approximate surface area is 124 Å². The van der Waals surface area contributed by atoms with Crippen molar-refractivity contribution in [1.29, 1.82) is 0 Å². The number of benzene rings is 1. The minimum atomic E-state index is -0.690. The summed E-state index contributed by atoms with van der Waals surface area (Å²) in [5.74, 6) is 0.878. The fraction of sp³-hybridized carbons (Fsp3) is 0.375. The first-order valence-corrected chi connectivity index (χ1v) is 7.23. The first-order chi connectivity index (χ1) is 10.2. The highest BCUT2D eigenvalue weighted by atomic mass is 16.1. The topological polar surface area (TPSA) is 72.9 Å². The average Bonchev–Trinajstić information content (AvgIpc) is 3.25. The molecule has 1 aromatic carbocycles. The number of carbonyl (C=O) groups is 1. The van der Waals surface area contributed by atoms with E-state index in [0.29, 0.717) is 12.5 Å². The number of amides is 1. The highest BCUT2D eigenvalue weighted by Crippen LogP contribution is 2.40. The van der Waals surface area contributed by atoms with Crippen molar-refractivity contribution in [3.63, 3.8) is 0 Å². The van der Waals surface area contributed by atoms with Gasteiger partial charge in [-0.1, -0.05) is 30.3 Å². The summed E-state index contributed by atoms with van der Waals surface area (Å²) in [6.07, 6.45) is 5.74. The molecule has 1 fully saturated rings. The molecule has 1 aliphatic rings. The van der Waals surface area contributed by atoms with E-state index < -0.39 is 5.54 Å². The van der Waals surface area contributed by atoms with Crippen molar-refractivity contribution in [3.05, 3.63) is 42.7 Å². The van der Waals surface area contributed by atoms with E-state index in [9.17, 15) is 4.79 Å². The number of hydrogen-bond acceptors (Lipinski definition) is 3. The third-order valence-corrected chi connectivity index (χ3v) is 4.33. The van der Waals surface area contributed by atoms with Gasteiger partial charge in [-0.2, -0.15) is 0 Å². The molecule has 0 aliphatic heterocycles. The van der Waals surface area contributed by atoms with E-state index in [0.717, 1.165) is 24.2 Å². The predicted molar refractivity (Wildman–Crippen MR) is 81.4 cm³/mol. The third-order valence-electron chi connectivity index (χ3n) is 4.33. The van der Waals surface area contributed by atoms with E-state index in [-0.39, 0.29) is 5.91 Å². The quantitative estimate of drug-likeness (QED) is 0.842. The van der Waals surface area contributed by atoms with E-state index in [1.807, 2.05) is 48.1 Å². The lowest BCUT2D eigenvalue weighted by molar-refractivity contribution is -0.125. The van der Waals surface area contributed by atoms with Gasteiger partial charge < -0.3 is 15.6 Å². The molecule has 3 N–H and O–H groups in total. The smallest absolute Gasteiger partial charge is 0.239 e. The maximum atomic E-state index is 12.0. The fourth-order valence-electron chi connectivity index (χ4n) is 2.94. The molecule has 1 atom stereocenters. The van der Waals surface area contributed by atoms with Gasteiger partial charge in [-0.15, -0.1) is 0 Å². The second kappa shape index (κ2) is 5.33. The first kappa shape index (κ1) is 13.8.